The SMILES string of the molecule is CCCS(=O)(=O)CCNC1CCCCC1Cl. The van der Waals surface area contributed by atoms with E-state index in [1.165, 1.54) is 12.8 Å². The number of halogens is 1. The van der Waals surface area contributed by atoms with Crippen molar-refractivity contribution in [3.05, 3.63) is 0 Å². The molecule has 0 heterocycles. The summed E-state index contributed by atoms with van der Waals surface area (Å²) in [6.45, 7) is 2.43. The first-order valence-electron chi connectivity index (χ1n) is 6.13. The zero-order chi connectivity index (χ0) is 12.0. The minimum atomic E-state index is -2.86. The van der Waals surface area contributed by atoms with Gasteiger partial charge >= 0.3 is 0 Å². The molecule has 2 atom stereocenters. The van der Waals surface area contributed by atoms with Crippen LogP contribution in [0.5, 0.6) is 0 Å². The first kappa shape index (κ1) is 14.3. The Labute approximate surface area is 104 Å². The maximum absolute atomic E-state index is 11.5. The molecule has 1 aliphatic carbocycles. The van der Waals surface area contributed by atoms with E-state index in [4.69, 9.17) is 11.6 Å². The van der Waals surface area contributed by atoms with Crippen LogP contribution in [0.3, 0.4) is 0 Å². The predicted molar refractivity (Wildman–Crippen MR) is 68.8 cm³/mol. The largest absolute Gasteiger partial charge is 0.312 e. The maximum atomic E-state index is 11.5. The fraction of sp³-hybridized carbons (Fsp3) is 1.00. The molecule has 1 rings (SSSR count). The Balaban J connectivity index is 2.24. The Kier molecular flexibility index (Phi) is 6.08. The van der Waals surface area contributed by atoms with Crippen molar-refractivity contribution >= 4 is 21.4 Å². The molecule has 0 radical (unpaired) electrons. The molecule has 1 fully saturated rings. The van der Waals surface area contributed by atoms with Gasteiger partial charge in [-0.2, -0.15) is 0 Å². The van der Waals surface area contributed by atoms with Crippen molar-refractivity contribution < 1.29 is 8.42 Å². The lowest BCUT2D eigenvalue weighted by molar-refractivity contribution is 0.386. The highest BCUT2D eigenvalue weighted by Crippen LogP contribution is 2.22. The second-order valence-corrected chi connectivity index (χ2v) is 7.38. The van der Waals surface area contributed by atoms with Crippen molar-refractivity contribution in [2.24, 2.45) is 0 Å². The summed E-state index contributed by atoms with van der Waals surface area (Å²) in [5, 5.41) is 3.44. The molecule has 2 unspecified atom stereocenters. The van der Waals surface area contributed by atoms with Crippen molar-refractivity contribution in [3.8, 4) is 0 Å². The number of sulfone groups is 1. The first-order valence-corrected chi connectivity index (χ1v) is 8.39. The van der Waals surface area contributed by atoms with E-state index in [0.29, 0.717) is 24.8 Å². The molecule has 1 saturated carbocycles. The van der Waals surface area contributed by atoms with Crippen molar-refractivity contribution in [2.45, 2.75) is 50.4 Å². The molecule has 0 aliphatic heterocycles. The molecular weight excluding hydrogens is 246 g/mol. The van der Waals surface area contributed by atoms with Crippen LogP contribution in [0.2, 0.25) is 0 Å². The highest BCUT2D eigenvalue weighted by molar-refractivity contribution is 7.91. The van der Waals surface area contributed by atoms with E-state index in [1.807, 2.05) is 6.92 Å². The molecule has 0 bridgehead atoms. The molecule has 0 amide bonds. The second kappa shape index (κ2) is 6.82. The zero-order valence-electron chi connectivity index (χ0n) is 9.91. The average Bonchev–Trinajstić information content (AvgIpc) is 2.20. The molecule has 3 nitrogen and oxygen atoms in total. The minimum Gasteiger partial charge on any atom is -0.312 e. The minimum absolute atomic E-state index is 0.169. The van der Waals surface area contributed by atoms with Crippen LogP contribution in [0.15, 0.2) is 0 Å². The standard InChI is InChI=1S/C11H22ClNO2S/c1-2-8-16(14,15)9-7-13-11-6-4-3-5-10(11)12/h10-11,13H,2-9H2,1H3. The third-order valence-electron chi connectivity index (χ3n) is 3.02. The quantitative estimate of drug-likeness (QED) is 0.749. The third kappa shape index (κ3) is 5.02. The van der Waals surface area contributed by atoms with E-state index in [9.17, 15) is 8.42 Å². The molecule has 0 aromatic carbocycles. The normalized spacial score (nSPS) is 26.9. The van der Waals surface area contributed by atoms with Crippen molar-refractivity contribution in [1.29, 1.82) is 0 Å². The van der Waals surface area contributed by atoms with Gasteiger partial charge in [0.15, 0.2) is 9.84 Å². The number of alkyl halides is 1. The van der Waals surface area contributed by atoms with Gasteiger partial charge in [0.2, 0.25) is 0 Å². The summed E-state index contributed by atoms with van der Waals surface area (Å²) in [7, 11) is -2.86. The van der Waals surface area contributed by atoms with E-state index >= 15 is 0 Å². The van der Waals surface area contributed by atoms with Crippen LogP contribution in [0.4, 0.5) is 0 Å². The van der Waals surface area contributed by atoms with E-state index < -0.39 is 9.84 Å². The first-order chi connectivity index (χ1) is 7.55. The number of hydrogen-bond donors (Lipinski definition) is 1. The lowest BCUT2D eigenvalue weighted by Gasteiger charge is -2.27. The van der Waals surface area contributed by atoms with Gasteiger partial charge in [0.05, 0.1) is 5.75 Å². The summed E-state index contributed by atoms with van der Waals surface area (Å²) < 4.78 is 23.0. The molecule has 5 heteroatoms. The molecule has 0 spiro atoms. The Morgan fingerprint density at radius 2 is 1.94 bits per heavy atom. The summed E-state index contributed by atoms with van der Waals surface area (Å²) in [4.78, 5) is 0. The lowest BCUT2D eigenvalue weighted by atomic mass is 9.95. The summed E-state index contributed by atoms with van der Waals surface area (Å²) in [5.74, 6) is 0.532. The highest BCUT2D eigenvalue weighted by atomic mass is 35.5. The smallest absolute Gasteiger partial charge is 0.151 e. The van der Waals surface area contributed by atoms with E-state index in [2.05, 4.69) is 5.32 Å². The summed E-state index contributed by atoms with van der Waals surface area (Å²) >= 11 is 6.18. The van der Waals surface area contributed by atoms with Crippen LogP contribution in [0.25, 0.3) is 0 Å². The van der Waals surface area contributed by atoms with Crippen molar-refractivity contribution in [1.82, 2.24) is 5.32 Å². The van der Waals surface area contributed by atoms with Crippen molar-refractivity contribution in [3.63, 3.8) is 0 Å². The molecule has 0 saturated heterocycles. The van der Waals surface area contributed by atoms with Gasteiger partial charge in [-0.05, 0) is 19.3 Å². The van der Waals surface area contributed by atoms with E-state index in [-0.39, 0.29) is 11.1 Å². The predicted octanol–water partition coefficient (Wildman–Crippen LogP) is 1.95. The fourth-order valence-corrected chi connectivity index (χ4v) is 3.75. The second-order valence-electron chi connectivity index (χ2n) is 4.51. The van der Waals surface area contributed by atoms with Gasteiger partial charge in [0.1, 0.15) is 0 Å². The highest BCUT2D eigenvalue weighted by Gasteiger charge is 2.22. The Morgan fingerprint density at radius 3 is 2.56 bits per heavy atom. The number of rotatable bonds is 6. The fourth-order valence-electron chi connectivity index (χ4n) is 2.13. The number of nitrogens with one attached hydrogen (secondary N) is 1. The van der Waals surface area contributed by atoms with Crippen LogP contribution in [0, 0.1) is 0 Å². The van der Waals surface area contributed by atoms with Crippen LogP contribution in [0.1, 0.15) is 39.0 Å². The molecule has 0 aromatic rings. The van der Waals surface area contributed by atoms with Gasteiger partial charge in [-0.3, -0.25) is 0 Å². The van der Waals surface area contributed by atoms with Gasteiger partial charge in [-0.25, -0.2) is 8.42 Å². The maximum Gasteiger partial charge on any atom is 0.151 e. The van der Waals surface area contributed by atoms with Gasteiger partial charge in [-0.15, -0.1) is 11.6 Å². The molecule has 1 aliphatic rings. The molecule has 1 N–H and O–H groups in total. The van der Waals surface area contributed by atoms with E-state index in [0.717, 1.165) is 12.8 Å². The third-order valence-corrected chi connectivity index (χ3v) is 5.40. The summed E-state index contributed by atoms with van der Waals surface area (Å²) in [6.07, 6.45) is 5.20. The molecule has 16 heavy (non-hydrogen) atoms. The van der Waals surface area contributed by atoms with Crippen LogP contribution in [-0.2, 0) is 9.84 Å². The molecule has 96 valence electrons. The monoisotopic (exact) mass is 267 g/mol. The summed E-state index contributed by atoms with van der Waals surface area (Å²) in [6, 6.07) is 0.298. The van der Waals surface area contributed by atoms with Gasteiger partial charge < -0.3 is 5.32 Å². The number of hydrogen-bond acceptors (Lipinski definition) is 3. The average molecular weight is 268 g/mol. The van der Waals surface area contributed by atoms with Crippen LogP contribution < -0.4 is 5.32 Å². The Bertz CT molecular complexity index is 292. The zero-order valence-corrected chi connectivity index (χ0v) is 11.5. The van der Waals surface area contributed by atoms with E-state index in [1.54, 1.807) is 0 Å². The van der Waals surface area contributed by atoms with Crippen molar-refractivity contribution in [2.75, 3.05) is 18.1 Å². The molecular formula is C11H22ClNO2S. The Hall–Kier alpha value is 0.200. The Morgan fingerprint density at radius 1 is 1.25 bits per heavy atom. The molecule has 0 aromatic heterocycles. The lowest BCUT2D eigenvalue weighted by Crippen LogP contribution is -2.41. The van der Waals surface area contributed by atoms with Crippen LogP contribution in [-0.4, -0.2) is 37.9 Å². The topological polar surface area (TPSA) is 46.2 Å². The van der Waals surface area contributed by atoms with Crippen LogP contribution >= 0.6 is 11.6 Å². The summed E-state index contributed by atoms with van der Waals surface area (Å²) in [5.41, 5.74) is 0. The van der Waals surface area contributed by atoms with Gasteiger partial charge in [0.25, 0.3) is 0 Å². The van der Waals surface area contributed by atoms with Gasteiger partial charge in [0, 0.05) is 23.7 Å². The van der Waals surface area contributed by atoms with Gasteiger partial charge in [-0.1, -0.05) is 19.8 Å².